The summed E-state index contributed by atoms with van der Waals surface area (Å²) in [6.07, 6.45) is 0. The summed E-state index contributed by atoms with van der Waals surface area (Å²) in [6.45, 7) is 1.82. The minimum absolute atomic E-state index is 0.269. The summed E-state index contributed by atoms with van der Waals surface area (Å²) in [5.41, 5.74) is 8.81. The van der Waals surface area contributed by atoms with Gasteiger partial charge in [0.1, 0.15) is 10.9 Å². The van der Waals surface area contributed by atoms with Gasteiger partial charge >= 0.3 is 0 Å². The van der Waals surface area contributed by atoms with Gasteiger partial charge in [0, 0.05) is 17.6 Å². The molecule has 4 aromatic rings. The average molecular weight is 445 g/mol. The molecule has 0 fully saturated rings. The van der Waals surface area contributed by atoms with Gasteiger partial charge in [-0.1, -0.05) is 54.6 Å². The minimum Gasteiger partial charge on any atom is -0.399 e. The first-order valence-corrected chi connectivity index (χ1v) is 11.1. The van der Waals surface area contributed by atoms with E-state index >= 15 is 0 Å². The van der Waals surface area contributed by atoms with Crippen LogP contribution < -0.4 is 16.6 Å². The molecule has 3 N–H and O–H groups in total. The zero-order chi connectivity index (χ0) is 22.7. The lowest BCUT2D eigenvalue weighted by Crippen LogP contribution is -2.25. The molecule has 0 aliphatic carbocycles. The van der Waals surface area contributed by atoms with Gasteiger partial charge in [-0.15, -0.1) is 11.8 Å². The molecule has 0 saturated carbocycles. The molecule has 1 aromatic heterocycles. The van der Waals surface area contributed by atoms with Crippen molar-refractivity contribution in [1.82, 2.24) is 9.36 Å². The van der Waals surface area contributed by atoms with E-state index in [0.717, 1.165) is 16.1 Å². The fourth-order valence-electron chi connectivity index (χ4n) is 3.53. The number of hydrogen-bond donors (Lipinski definition) is 2. The maximum absolute atomic E-state index is 13.4. The van der Waals surface area contributed by atoms with E-state index in [-0.39, 0.29) is 17.2 Å². The molecule has 7 heteroatoms. The fraction of sp³-hybridized carbons (Fsp3) is 0.120. The molecule has 1 heterocycles. The van der Waals surface area contributed by atoms with E-state index in [4.69, 9.17) is 5.73 Å². The molecule has 0 bridgehead atoms. The van der Waals surface area contributed by atoms with E-state index in [1.807, 2.05) is 85.8 Å². The summed E-state index contributed by atoms with van der Waals surface area (Å²) in [4.78, 5) is 27.5. The Hall–Kier alpha value is -3.71. The largest absolute Gasteiger partial charge is 0.399 e. The Morgan fingerprint density at radius 2 is 1.62 bits per heavy atom. The molecular formula is C25H24N4O2S. The highest BCUT2D eigenvalue weighted by atomic mass is 32.2. The van der Waals surface area contributed by atoms with Crippen molar-refractivity contribution in [2.45, 2.75) is 17.1 Å². The molecular weight excluding hydrogens is 420 g/mol. The molecule has 0 saturated heterocycles. The highest BCUT2D eigenvalue weighted by Crippen LogP contribution is 2.37. The summed E-state index contributed by atoms with van der Waals surface area (Å²) in [7, 11) is 1.80. The monoisotopic (exact) mass is 444 g/mol. The normalized spacial score (nSPS) is 11.8. The number of anilines is 2. The van der Waals surface area contributed by atoms with Crippen LogP contribution >= 0.6 is 11.8 Å². The third-order valence-corrected chi connectivity index (χ3v) is 6.50. The number of nitrogens with one attached hydrogen (secondary N) is 1. The van der Waals surface area contributed by atoms with E-state index in [1.165, 1.54) is 11.8 Å². The van der Waals surface area contributed by atoms with E-state index in [9.17, 15) is 9.59 Å². The van der Waals surface area contributed by atoms with Gasteiger partial charge in [0.25, 0.3) is 5.56 Å². The van der Waals surface area contributed by atoms with E-state index in [2.05, 4.69) is 5.32 Å². The van der Waals surface area contributed by atoms with Crippen LogP contribution in [0.1, 0.15) is 16.5 Å². The van der Waals surface area contributed by atoms with Crippen LogP contribution in [-0.2, 0) is 11.8 Å². The SMILES string of the molecule is Cc1c(NC(=O)C(Sc2cccc(N)c2)c2ccccc2)c(=O)n(-c2ccccc2)n1C. The Balaban J connectivity index is 1.69. The Bertz CT molecular complexity index is 1300. The van der Waals surface area contributed by atoms with Crippen LogP contribution in [0, 0.1) is 6.92 Å². The van der Waals surface area contributed by atoms with Crippen LogP contribution in [0.3, 0.4) is 0 Å². The highest BCUT2D eigenvalue weighted by Gasteiger charge is 2.25. The topological polar surface area (TPSA) is 82.1 Å². The van der Waals surface area contributed by atoms with Crippen molar-refractivity contribution in [3.63, 3.8) is 0 Å². The quantitative estimate of drug-likeness (QED) is 0.338. The first-order valence-electron chi connectivity index (χ1n) is 10.2. The number of rotatable bonds is 6. The summed E-state index contributed by atoms with van der Waals surface area (Å²) < 4.78 is 3.29. The van der Waals surface area contributed by atoms with Crippen LogP contribution in [0.2, 0.25) is 0 Å². The van der Waals surface area contributed by atoms with E-state index in [1.54, 1.807) is 22.5 Å². The van der Waals surface area contributed by atoms with Gasteiger partial charge < -0.3 is 11.1 Å². The lowest BCUT2D eigenvalue weighted by Gasteiger charge is -2.17. The summed E-state index contributed by atoms with van der Waals surface area (Å²) in [5.74, 6) is -0.269. The number of nitrogen functional groups attached to an aromatic ring is 1. The summed E-state index contributed by atoms with van der Waals surface area (Å²) in [6, 6.07) is 26.3. The van der Waals surface area contributed by atoms with E-state index < -0.39 is 5.25 Å². The molecule has 1 amide bonds. The number of hydrogen-bond acceptors (Lipinski definition) is 4. The van der Waals surface area contributed by atoms with Crippen molar-refractivity contribution in [2.75, 3.05) is 11.1 Å². The van der Waals surface area contributed by atoms with Gasteiger partial charge in [-0.3, -0.25) is 14.3 Å². The number of carbonyl (C=O) groups is 1. The van der Waals surface area contributed by atoms with Gasteiger partial charge in [0.05, 0.1) is 11.4 Å². The van der Waals surface area contributed by atoms with Crippen molar-refractivity contribution >= 4 is 29.0 Å². The molecule has 6 nitrogen and oxygen atoms in total. The maximum Gasteiger partial charge on any atom is 0.295 e. The van der Waals surface area contributed by atoms with Crippen LogP contribution in [0.25, 0.3) is 5.69 Å². The third kappa shape index (κ3) is 4.33. The first kappa shape index (κ1) is 21.5. The van der Waals surface area contributed by atoms with Gasteiger partial charge in [0.2, 0.25) is 5.91 Å². The predicted octanol–water partition coefficient (Wildman–Crippen LogP) is 4.54. The number of thioether (sulfide) groups is 1. The summed E-state index contributed by atoms with van der Waals surface area (Å²) >= 11 is 1.39. The van der Waals surface area contributed by atoms with Gasteiger partial charge in [0.15, 0.2) is 0 Å². The standard InChI is InChI=1S/C25H24N4O2S/c1-17-22(25(31)29(28(17)2)20-13-7-4-8-14-20)27-24(30)23(18-10-5-3-6-11-18)32-21-15-9-12-19(26)16-21/h3-16,23H,26H2,1-2H3,(H,27,30). The van der Waals surface area contributed by atoms with Crippen LogP contribution in [-0.4, -0.2) is 15.3 Å². The molecule has 162 valence electrons. The average Bonchev–Trinajstić information content (AvgIpc) is 3.01. The smallest absolute Gasteiger partial charge is 0.295 e. The van der Waals surface area contributed by atoms with Crippen molar-refractivity contribution < 1.29 is 4.79 Å². The molecule has 3 aromatic carbocycles. The molecule has 0 aliphatic heterocycles. The van der Waals surface area contributed by atoms with Crippen molar-refractivity contribution in [3.8, 4) is 5.69 Å². The number of amides is 1. The zero-order valence-electron chi connectivity index (χ0n) is 17.9. The number of nitrogens with zero attached hydrogens (tertiary/aromatic N) is 2. The Kier molecular flexibility index (Phi) is 6.18. The zero-order valence-corrected chi connectivity index (χ0v) is 18.7. The highest BCUT2D eigenvalue weighted by molar-refractivity contribution is 8.00. The second kappa shape index (κ2) is 9.20. The van der Waals surface area contributed by atoms with Gasteiger partial charge in [-0.2, -0.15) is 0 Å². The number of para-hydroxylation sites is 1. The number of carbonyl (C=O) groups excluding carboxylic acids is 1. The molecule has 32 heavy (non-hydrogen) atoms. The predicted molar refractivity (Wildman–Crippen MR) is 130 cm³/mol. The lowest BCUT2D eigenvalue weighted by molar-refractivity contribution is -0.115. The van der Waals surface area contributed by atoms with Gasteiger partial charge in [-0.25, -0.2) is 4.68 Å². The lowest BCUT2D eigenvalue weighted by atomic mass is 10.1. The van der Waals surface area contributed by atoms with Crippen LogP contribution in [0.5, 0.6) is 0 Å². The second-order valence-electron chi connectivity index (χ2n) is 7.41. The first-order chi connectivity index (χ1) is 15.5. The second-order valence-corrected chi connectivity index (χ2v) is 8.59. The van der Waals surface area contributed by atoms with Crippen molar-refractivity contribution in [3.05, 3.63) is 107 Å². The van der Waals surface area contributed by atoms with Gasteiger partial charge in [-0.05, 0) is 42.8 Å². The maximum atomic E-state index is 13.4. The van der Waals surface area contributed by atoms with E-state index in [0.29, 0.717) is 11.4 Å². The Morgan fingerprint density at radius 1 is 0.969 bits per heavy atom. The molecule has 1 atom stereocenters. The molecule has 0 spiro atoms. The fourth-order valence-corrected chi connectivity index (χ4v) is 4.62. The summed E-state index contributed by atoms with van der Waals surface area (Å²) in [5, 5.41) is 2.34. The minimum atomic E-state index is -0.554. The molecule has 4 rings (SSSR count). The number of benzene rings is 3. The third-order valence-electron chi connectivity index (χ3n) is 5.25. The number of nitrogens with two attached hydrogens (primary N) is 1. The van der Waals surface area contributed by atoms with Crippen molar-refractivity contribution in [1.29, 1.82) is 0 Å². The molecule has 0 radical (unpaired) electrons. The Morgan fingerprint density at radius 3 is 2.28 bits per heavy atom. The van der Waals surface area contributed by atoms with Crippen LogP contribution in [0.4, 0.5) is 11.4 Å². The number of aromatic nitrogens is 2. The van der Waals surface area contributed by atoms with Crippen LogP contribution in [0.15, 0.2) is 94.6 Å². The Labute approximate surface area is 190 Å². The molecule has 1 unspecified atom stereocenters. The van der Waals surface area contributed by atoms with Crippen molar-refractivity contribution in [2.24, 2.45) is 7.05 Å². The molecule has 0 aliphatic rings.